The Kier molecular flexibility index (Phi) is 3.28. The predicted molar refractivity (Wildman–Crippen MR) is 70.2 cm³/mol. The zero-order chi connectivity index (χ0) is 13.1. The van der Waals surface area contributed by atoms with Crippen molar-refractivity contribution in [2.45, 2.75) is 6.92 Å². The lowest BCUT2D eigenvalue weighted by Gasteiger charge is -2.08. The van der Waals surface area contributed by atoms with Crippen molar-refractivity contribution in [3.8, 4) is 11.1 Å². The molecule has 92 valence electrons. The number of hydrogen-bond acceptors (Lipinski definition) is 4. The van der Waals surface area contributed by atoms with Crippen LogP contribution in [0.5, 0.6) is 0 Å². The Morgan fingerprint density at radius 3 is 2.67 bits per heavy atom. The largest absolute Gasteiger partial charge is 0.465 e. The van der Waals surface area contributed by atoms with Crippen molar-refractivity contribution in [3.63, 3.8) is 0 Å². The second kappa shape index (κ2) is 4.87. The summed E-state index contributed by atoms with van der Waals surface area (Å²) in [6, 6.07) is 8.97. The quantitative estimate of drug-likeness (QED) is 0.648. The van der Waals surface area contributed by atoms with E-state index in [1.54, 1.807) is 18.3 Å². The molecule has 0 aliphatic carbocycles. The number of nitrogens with zero attached hydrogens (tertiary/aromatic N) is 1. The first-order chi connectivity index (χ1) is 8.61. The van der Waals surface area contributed by atoms with Gasteiger partial charge in [-0.15, -0.1) is 0 Å². The molecule has 0 bridgehead atoms. The second-order valence-electron chi connectivity index (χ2n) is 3.98. The first kappa shape index (κ1) is 12.1. The van der Waals surface area contributed by atoms with Gasteiger partial charge in [0.1, 0.15) is 0 Å². The van der Waals surface area contributed by atoms with Crippen molar-refractivity contribution < 1.29 is 9.53 Å². The Balaban J connectivity index is 2.45. The third kappa shape index (κ3) is 2.32. The van der Waals surface area contributed by atoms with Crippen molar-refractivity contribution in [3.05, 3.63) is 47.8 Å². The van der Waals surface area contributed by atoms with E-state index in [0.717, 1.165) is 16.8 Å². The van der Waals surface area contributed by atoms with Gasteiger partial charge in [-0.2, -0.15) is 0 Å². The molecule has 1 aromatic carbocycles. The average Bonchev–Trinajstić information content (AvgIpc) is 2.37. The van der Waals surface area contributed by atoms with Crippen LogP contribution >= 0.6 is 0 Å². The van der Waals surface area contributed by atoms with Crippen LogP contribution in [-0.4, -0.2) is 18.1 Å². The molecule has 4 heteroatoms. The smallest absolute Gasteiger partial charge is 0.337 e. The molecular formula is C14H14N2O2. The number of rotatable bonds is 2. The minimum Gasteiger partial charge on any atom is -0.465 e. The zero-order valence-corrected chi connectivity index (χ0v) is 10.3. The SMILES string of the molecule is COC(=O)c1ccc(-c2ccnc(C)c2)c(N)c1. The predicted octanol–water partition coefficient (Wildman–Crippen LogP) is 2.43. The Hall–Kier alpha value is -2.36. The third-order valence-electron chi connectivity index (χ3n) is 2.68. The molecule has 1 heterocycles. The van der Waals surface area contributed by atoms with Crippen LogP contribution in [0.2, 0.25) is 0 Å². The van der Waals surface area contributed by atoms with Crippen LogP contribution in [0.25, 0.3) is 11.1 Å². The van der Waals surface area contributed by atoms with E-state index in [4.69, 9.17) is 5.73 Å². The monoisotopic (exact) mass is 242 g/mol. The second-order valence-corrected chi connectivity index (χ2v) is 3.98. The molecule has 0 atom stereocenters. The van der Waals surface area contributed by atoms with E-state index >= 15 is 0 Å². The number of nitrogen functional groups attached to an aromatic ring is 1. The molecule has 2 N–H and O–H groups in total. The average molecular weight is 242 g/mol. The van der Waals surface area contributed by atoms with Crippen molar-refractivity contribution >= 4 is 11.7 Å². The standard InChI is InChI=1S/C14H14N2O2/c1-9-7-10(5-6-16-9)12-4-3-11(8-13(12)15)14(17)18-2/h3-8H,15H2,1-2H3. The highest BCUT2D eigenvalue weighted by Crippen LogP contribution is 2.27. The van der Waals surface area contributed by atoms with Gasteiger partial charge in [-0.3, -0.25) is 4.98 Å². The van der Waals surface area contributed by atoms with Gasteiger partial charge in [0.05, 0.1) is 12.7 Å². The summed E-state index contributed by atoms with van der Waals surface area (Å²) in [6.45, 7) is 1.92. The van der Waals surface area contributed by atoms with Gasteiger partial charge < -0.3 is 10.5 Å². The van der Waals surface area contributed by atoms with E-state index < -0.39 is 0 Å². The number of methoxy groups -OCH3 is 1. The molecule has 18 heavy (non-hydrogen) atoms. The fourth-order valence-electron chi connectivity index (χ4n) is 1.78. The topological polar surface area (TPSA) is 65.2 Å². The summed E-state index contributed by atoms with van der Waals surface area (Å²) in [4.78, 5) is 15.5. The van der Waals surface area contributed by atoms with Crippen LogP contribution in [-0.2, 0) is 4.74 Å². The van der Waals surface area contributed by atoms with Crippen LogP contribution < -0.4 is 5.73 Å². The van der Waals surface area contributed by atoms with Gasteiger partial charge in [0.2, 0.25) is 0 Å². The van der Waals surface area contributed by atoms with Crippen LogP contribution in [0.15, 0.2) is 36.5 Å². The minimum absolute atomic E-state index is 0.390. The molecule has 4 nitrogen and oxygen atoms in total. The maximum Gasteiger partial charge on any atom is 0.337 e. The van der Waals surface area contributed by atoms with Crippen LogP contribution in [0.3, 0.4) is 0 Å². The van der Waals surface area contributed by atoms with Gasteiger partial charge in [-0.1, -0.05) is 6.07 Å². The van der Waals surface area contributed by atoms with E-state index in [2.05, 4.69) is 9.72 Å². The highest BCUT2D eigenvalue weighted by molar-refractivity contribution is 5.92. The van der Waals surface area contributed by atoms with Gasteiger partial charge in [-0.05, 0) is 36.8 Å². The van der Waals surface area contributed by atoms with Crippen molar-refractivity contribution in [1.82, 2.24) is 4.98 Å². The fraction of sp³-hybridized carbons (Fsp3) is 0.143. The Morgan fingerprint density at radius 1 is 1.28 bits per heavy atom. The lowest BCUT2D eigenvalue weighted by atomic mass is 10.0. The molecule has 0 radical (unpaired) electrons. The lowest BCUT2D eigenvalue weighted by Crippen LogP contribution is -2.02. The number of anilines is 1. The van der Waals surface area contributed by atoms with Crippen molar-refractivity contribution in [2.75, 3.05) is 12.8 Å². The van der Waals surface area contributed by atoms with E-state index in [9.17, 15) is 4.79 Å². The summed E-state index contributed by atoms with van der Waals surface area (Å²) < 4.78 is 4.65. The normalized spacial score (nSPS) is 10.1. The van der Waals surface area contributed by atoms with Crippen molar-refractivity contribution in [1.29, 1.82) is 0 Å². The molecule has 0 aliphatic rings. The Morgan fingerprint density at radius 2 is 2.06 bits per heavy atom. The summed E-state index contributed by atoms with van der Waals surface area (Å²) in [5.74, 6) is -0.390. The number of ether oxygens (including phenoxy) is 1. The van der Waals surface area contributed by atoms with E-state index in [1.807, 2.05) is 25.1 Å². The maximum absolute atomic E-state index is 11.4. The van der Waals surface area contributed by atoms with Gasteiger partial charge in [0.15, 0.2) is 0 Å². The number of hydrogen-bond donors (Lipinski definition) is 1. The van der Waals surface area contributed by atoms with E-state index in [1.165, 1.54) is 7.11 Å². The molecule has 0 aliphatic heterocycles. The highest BCUT2D eigenvalue weighted by Gasteiger charge is 2.09. The summed E-state index contributed by atoms with van der Waals surface area (Å²) in [7, 11) is 1.35. The molecule has 0 saturated carbocycles. The molecule has 1 aromatic heterocycles. The minimum atomic E-state index is -0.390. The van der Waals surface area contributed by atoms with Crippen LogP contribution in [0, 0.1) is 6.92 Å². The summed E-state index contributed by atoms with van der Waals surface area (Å²) in [6.07, 6.45) is 1.73. The van der Waals surface area contributed by atoms with Gasteiger partial charge in [-0.25, -0.2) is 4.79 Å². The molecule has 2 aromatic rings. The highest BCUT2D eigenvalue weighted by atomic mass is 16.5. The molecular weight excluding hydrogens is 228 g/mol. The molecule has 0 amide bonds. The molecule has 0 spiro atoms. The maximum atomic E-state index is 11.4. The van der Waals surface area contributed by atoms with Crippen molar-refractivity contribution in [2.24, 2.45) is 0 Å². The molecule has 0 saturated heterocycles. The first-order valence-corrected chi connectivity index (χ1v) is 5.52. The number of aromatic nitrogens is 1. The molecule has 2 rings (SSSR count). The Labute approximate surface area is 105 Å². The van der Waals surface area contributed by atoms with Crippen LogP contribution in [0.1, 0.15) is 16.1 Å². The number of nitrogens with two attached hydrogens (primary N) is 1. The number of carbonyl (C=O) groups is 1. The van der Waals surface area contributed by atoms with E-state index in [-0.39, 0.29) is 5.97 Å². The lowest BCUT2D eigenvalue weighted by molar-refractivity contribution is 0.0601. The summed E-state index contributed by atoms with van der Waals surface area (Å²) in [5, 5.41) is 0. The third-order valence-corrected chi connectivity index (χ3v) is 2.68. The van der Waals surface area contributed by atoms with E-state index in [0.29, 0.717) is 11.3 Å². The molecule has 0 fully saturated rings. The van der Waals surface area contributed by atoms with Gasteiger partial charge in [0.25, 0.3) is 0 Å². The number of aryl methyl sites for hydroxylation is 1. The first-order valence-electron chi connectivity index (χ1n) is 5.52. The van der Waals surface area contributed by atoms with Crippen LogP contribution in [0.4, 0.5) is 5.69 Å². The van der Waals surface area contributed by atoms with Gasteiger partial charge in [0, 0.05) is 23.1 Å². The number of benzene rings is 1. The number of carbonyl (C=O) groups excluding carboxylic acids is 1. The molecule has 0 unspecified atom stereocenters. The Bertz CT molecular complexity index is 594. The summed E-state index contributed by atoms with van der Waals surface area (Å²) in [5.41, 5.74) is 9.75. The number of esters is 1. The zero-order valence-electron chi connectivity index (χ0n) is 10.3. The number of pyridine rings is 1. The summed E-state index contributed by atoms with van der Waals surface area (Å²) >= 11 is 0. The fourth-order valence-corrected chi connectivity index (χ4v) is 1.78. The van der Waals surface area contributed by atoms with Gasteiger partial charge >= 0.3 is 5.97 Å².